The number of benzene rings is 1. The number of nitrogens with zero attached hydrogens (tertiary/aromatic N) is 2. The highest BCUT2D eigenvalue weighted by molar-refractivity contribution is 5.87. The van der Waals surface area contributed by atoms with Crippen LogP contribution >= 0.6 is 0 Å². The van der Waals surface area contributed by atoms with Crippen molar-refractivity contribution in [2.24, 2.45) is 0 Å². The molecule has 0 aliphatic rings. The molecule has 0 fully saturated rings. The minimum atomic E-state index is -0.909. The molecule has 0 atom stereocenters. The maximum Gasteiger partial charge on any atom is 0.335 e. The normalized spacial score (nSPS) is 10.3. The van der Waals surface area contributed by atoms with Crippen LogP contribution < -0.4 is 5.32 Å². The highest BCUT2D eigenvalue weighted by atomic mass is 16.4. The zero-order valence-corrected chi connectivity index (χ0v) is 10.1. The van der Waals surface area contributed by atoms with Crippen LogP contribution in [-0.2, 0) is 6.54 Å². The number of aryl methyl sites for hydroxylation is 1. The van der Waals surface area contributed by atoms with Crippen LogP contribution in [-0.4, -0.2) is 27.4 Å². The Labute approximate surface area is 105 Å². The van der Waals surface area contributed by atoms with Crippen LogP contribution in [0.2, 0.25) is 0 Å². The van der Waals surface area contributed by atoms with Gasteiger partial charge in [0, 0.05) is 18.4 Å². The molecule has 0 spiro atoms. The molecule has 0 bridgehead atoms. The van der Waals surface area contributed by atoms with Crippen molar-refractivity contribution < 1.29 is 9.90 Å². The van der Waals surface area contributed by atoms with Gasteiger partial charge in [-0.25, -0.2) is 4.79 Å². The number of carboxylic acids is 1. The second-order valence-corrected chi connectivity index (χ2v) is 4.09. The summed E-state index contributed by atoms with van der Waals surface area (Å²) in [6, 6.07) is 6.70. The van der Waals surface area contributed by atoms with Gasteiger partial charge in [-0.3, -0.25) is 4.68 Å². The van der Waals surface area contributed by atoms with Gasteiger partial charge in [-0.05, 0) is 36.8 Å². The number of hydrogen-bond donors (Lipinski definition) is 2. The van der Waals surface area contributed by atoms with Crippen LogP contribution in [0.1, 0.15) is 15.9 Å². The van der Waals surface area contributed by atoms with Gasteiger partial charge in [-0.1, -0.05) is 0 Å². The van der Waals surface area contributed by atoms with E-state index in [-0.39, 0.29) is 0 Å². The summed E-state index contributed by atoms with van der Waals surface area (Å²) in [6.07, 6.45) is 3.80. The molecule has 1 heterocycles. The van der Waals surface area contributed by atoms with E-state index in [1.165, 1.54) is 0 Å². The number of hydrogen-bond acceptors (Lipinski definition) is 3. The molecule has 2 rings (SSSR count). The molecule has 1 aromatic carbocycles. The van der Waals surface area contributed by atoms with Gasteiger partial charge >= 0.3 is 5.97 Å². The van der Waals surface area contributed by atoms with Crippen molar-refractivity contribution in [2.75, 3.05) is 11.9 Å². The molecule has 2 aromatic rings. The van der Waals surface area contributed by atoms with E-state index in [0.717, 1.165) is 24.3 Å². The Morgan fingerprint density at radius 3 is 2.67 bits per heavy atom. The molecular weight excluding hydrogens is 230 g/mol. The summed E-state index contributed by atoms with van der Waals surface area (Å²) >= 11 is 0. The Morgan fingerprint density at radius 1 is 1.39 bits per heavy atom. The minimum Gasteiger partial charge on any atom is -0.478 e. The zero-order valence-electron chi connectivity index (χ0n) is 10.1. The summed E-state index contributed by atoms with van der Waals surface area (Å²) in [7, 11) is 0. The van der Waals surface area contributed by atoms with Gasteiger partial charge in [0.15, 0.2) is 0 Å². The maximum absolute atomic E-state index is 10.7. The highest BCUT2D eigenvalue weighted by Gasteiger charge is 2.01. The quantitative estimate of drug-likeness (QED) is 0.845. The molecule has 0 aliphatic carbocycles. The molecule has 0 saturated heterocycles. The van der Waals surface area contributed by atoms with Crippen LogP contribution in [0.15, 0.2) is 36.7 Å². The first-order valence-corrected chi connectivity index (χ1v) is 5.71. The van der Waals surface area contributed by atoms with Crippen molar-refractivity contribution in [1.29, 1.82) is 0 Å². The lowest BCUT2D eigenvalue weighted by Crippen LogP contribution is -2.10. The van der Waals surface area contributed by atoms with Crippen LogP contribution in [0.5, 0.6) is 0 Å². The number of aromatic carboxylic acids is 1. The van der Waals surface area contributed by atoms with E-state index in [1.54, 1.807) is 24.3 Å². The Morgan fingerprint density at radius 2 is 2.11 bits per heavy atom. The van der Waals surface area contributed by atoms with Gasteiger partial charge in [-0.2, -0.15) is 5.10 Å². The maximum atomic E-state index is 10.7. The van der Waals surface area contributed by atoms with E-state index in [4.69, 9.17) is 5.11 Å². The topological polar surface area (TPSA) is 67.2 Å². The number of aromatic nitrogens is 2. The van der Waals surface area contributed by atoms with Crippen LogP contribution in [0.4, 0.5) is 5.69 Å². The van der Waals surface area contributed by atoms with Gasteiger partial charge in [0.1, 0.15) is 0 Å². The second kappa shape index (κ2) is 5.35. The van der Waals surface area contributed by atoms with Gasteiger partial charge in [-0.15, -0.1) is 0 Å². The number of rotatable bonds is 5. The fourth-order valence-electron chi connectivity index (χ4n) is 1.63. The lowest BCUT2D eigenvalue weighted by Gasteiger charge is -2.06. The smallest absolute Gasteiger partial charge is 0.335 e. The summed E-state index contributed by atoms with van der Waals surface area (Å²) in [5, 5.41) is 16.2. The van der Waals surface area contributed by atoms with E-state index in [0.29, 0.717) is 5.56 Å². The lowest BCUT2D eigenvalue weighted by atomic mass is 10.2. The Balaban J connectivity index is 1.85. The molecule has 1 aromatic heterocycles. The predicted octanol–water partition coefficient (Wildman–Crippen LogP) is 2.00. The molecule has 0 unspecified atom stereocenters. The molecule has 0 amide bonds. The molecule has 5 nitrogen and oxygen atoms in total. The van der Waals surface area contributed by atoms with E-state index < -0.39 is 5.97 Å². The zero-order chi connectivity index (χ0) is 13.0. The average molecular weight is 245 g/mol. The molecule has 0 aliphatic heterocycles. The first-order valence-electron chi connectivity index (χ1n) is 5.71. The summed E-state index contributed by atoms with van der Waals surface area (Å²) in [6.45, 7) is 3.52. The summed E-state index contributed by atoms with van der Waals surface area (Å²) in [4.78, 5) is 10.7. The van der Waals surface area contributed by atoms with Crippen molar-refractivity contribution in [2.45, 2.75) is 13.5 Å². The largest absolute Gasteiger partial charge is 0.478 e. The predicted molar refractivity (Wildman–Crippen MR) is 68.9 cm³/mol. The third-order valence-electron chi connectivity index (χ3n) is 2.56. The average Bonchev–Trinajstić information content (AvgIpc) is 2.76. The molecule has 5 heteroatoms. The standard InChI is InChI=1S/C13H15N3O2/c1-10-8-15-16(9-10)7-6-14-12-4-2-11(3-5-12)13(17)18/h2-5,8-9,14H,6-7H2,1H3,(H,17,18). The first-order chi connectivity index (χ1) is 8.65. The fourth-order valence-corrected chi connectivity index (χ4v) is 1.63. The Bertz CT molecular complexity index is 531. The molecule has 2 N–H and O–H groups in total. The molecule has 94 valence electrons. The fraction of sp³-hybridized carbons (Fsp3) is 0.231. The molecule has 0 saturated carbocycles. The molecular formula is C13H15N3O2. The summed E-state index contributed by atoms with van der Waals surface area (Å²) in [5.41, 5.74) is 2.34. The van der Waals surface area contributed by atoms with Gasteiger partial charge < -0.3 is 10.4 Å². The van der Waals surface area contributed by atoms with Crippen LogP contribution in [0.3, 0.4) is 0 Å². The molecule has 0 radical (unpaired) electrons. The van der Waals surface area contributed by atoms with Crippen molar-refractivity contribution in [3.63, 3.8) is 0 Å². The van der Waals surface area contributed by atoms with E-state index in [1.807, 2.05) is 24.0 Å². The first kappa shape index (κ1) is 12.2. The number of carbonyl (C=O) groups is 1. The van der Waals surface area contributed by atoms with Gasteiger partial charge in [0.25, 0.3) is 0 Å². The van der Waals surface area contributed by atoms with E-state index in [2.05, 4.69) is 10.4 Å². The summed E-state index contributed by atoms with van der Waals surface area (Å²) < 4.78 is 1.87. The number of nitrogens with one attached hydrogen (secondary N) is 1. The minimum absolute atomic E-state index is 0.295. The molecule has 18 heavy (non-hydrogen) atoms. The van der Waals surface area contributed by atoms with Crippen LogP contribution in [0.25, 0.3) is 0 Å². The van der Waals surface area contributed by atoms with Crippen molar-refractivity contribution in [3.05, 3.63) is 47.8 Å². The Kier molecular flexibility index (Phi) is 3.62. The van der Waals surface area contributed by atoms with Crippen molar-refractivity contribution >= 4 is 11.7 Å². The van der Waals surface area contributed by atoms with E-state index >= 15 is 0 Å². The summed E-state index contributed by atoms with van der Waals surface area (Å²) in [5.74, 6) is -0.909. The third kappa shape index (κ3) is 3.10. The van der Waals surface area contributed by atoms with Crippen molar-refractivity contribution in [3.8, 4) is 0 Å². The monoisotopic (exact) mass is 245 g/mol. The van der Waals surface area contributed by atoms with Crippen LogP contribution in [0, 0.1) is 6.92 Å². The van der Waals surface area contributed by atoms with E-state index in [9.17, 15) is 4.79 Å². The SMILES string of the molecule is Cc1cnn(CCNc2ccc(C(=O)O)cc2)c1. The second-order valence-electron chi connectivity index (χ2n) is 4.09. The number of carboxylic acid groups (broad SMARTS) is 1. The van der Waals surface area contributed by atoms with Crippen molar-refractivity contribution in [1.82, 2.24) is 9.78 Å². The highest BCUT2D eigenvalue weighted by Crippen LogP contribution is 2.09. The Hall–Kier alpha value is -2.30. The number of anilines is 1. The van der Waals surface area contributed by atoms with Gasteiger partial charge in [0.05, 0.1) is 18.3 Å². The third-order valence-corrected chi connectivity index (χ3v) is 2.56. The lowest BCUT2D eigenvalue weighted by molar-refractivity contribution is 0.0697. The van der Waals surface area contributed by atoms with Gasteiger partial charge in [0.2, 0.25) is 0 Å².